The quantitative estimate of drug-likeness (QED) is 0.474. The van der Waals surface area contributed by atoms with Crippen LogP contribution < -0.4 is 4.90 Å². The molecule has 0 aliphatic carbocycles. The first-order valence-corrected chi connectivity index (χ1v) is 7.47. The van der Waals surface area contributed by atoms with Crippen LogP contribution in [-0.2, 0) is 23.9 Å². The molecule has 0 spiro atoms. The third-order valence-corrected chi connectivity index (χ3v) is 4.67. The number of hydrogen-bond acceptors (Lipinski definition) is 5. The van der Waals surface area contributed by atoms with E-state index in [4.69, 9.17) is 9.47 Å². The Labute approximate surface area is 132 Å². The van der Waals surface area contributed by atoms with Crippen LogP contribution in [0.5, 0.6) is 0 Å². The summed E-state index contributed by atoms with van der Waals surface area (Å²) in [5.41, 5.74) is -0.476. The number of imide groups is 1. The summed E-state index contributed by atoms with van der Waals surface area (Å²) in [6.45, 7) is 1.25. The van der Waals surface area contributed by atoms with Crippen molar-refractivity contribution in [3.05, 3.63) is 42.5 Å². The number of benzene rings is 1. The molecule has 2 amide bonds. The van der Waals surface area contributed by atoms with Gasteiger partial charge >= 0.3 is 5.97 Å². The molecule has 3 heterocycles. The summed E-state index contributed by atoms with van der Waals surface area (Å²) in [7, 11) is 0. The lowest BCUT2D eigenvalue weighted by molar-refractivity contribution is -0.150. The normalized spacial score (nSPS) is 34.1. The van der Waals surface area contributed by atoms with Gasteiger partial charge in [-0.25, -0.2) is 4.90 Å². The van der Waals surface area contributed by atoms with Crippen LogP contribution in [0.2, 0.25) is 0 Å². The summed E-state index contributed by atoms with van der Waals surface area (Å²) in [5, 5.41) is 0. The van der Waals surface area contributed by atoms with Crippen LogP contribution in [0.15, 0.2) is 42.5 Å². The second-order valence-electron chi connectivity index (χ2n) is 6.03. The minimum absolute atomic E-state index is 0.0574. The molecule has 2 fully saturated rings. The molecule has 6 nitrogen and oxygen atoms in total. The van der Waals surface area contributed by atoms with Crippen molar-refractivity contribution in [1.82, 2.24) is 0 Å². The van der Waals surface area contributed by atoms with E-state index in [9.17, 15) is 14.4 Å². The number of fused-ring (bicyclic) bond motifs is 5. The van der Waals surface area contributed by atoms with E-state index in [0.29, 0.717) is 5.69 Å². The Bertz CT molecular complexity index is 728. The van der Waals surface area contributed by atoms with Gasteiger partial charge in [0.15, 0.2) is 0 Å². The van der Waals surface area contributed by atoms with Crippen molar-refractivity contribution in [3.63, 3.8) is 0 Å². The molecule has 118 valence electrons. The Morgan fingerprint density at radius 2 is 2.00 bits per heavy atom. The van der Waals surface area contributed by atoms with Crippen LogP contribution in [0.1, 0.15) is 6.92 Å². The second kappa shape index (κ2) is 4.76. The van der Waals surface area contributed by atoms with Crippen LogP contribution in [0, 0.1) is 11.8 Å². The fraction of sp³-hybridized carbons (Fsp3) is 0.353. The molecule has 0 aromatic heterocycles. The number of amides is 2. The second-order valence-corrected chi connectivity index (χ2v) is 6.03. The van der Waals surface area contributed by atoms with Crippen molar-refractivity contribution in [2.24, 2.45) is 11.8 Å². The molecule has 6 heteroatoms. The van der Waals surface area contributed by atoms with E-state index in [2.05, 4.69) is 0 Å². The van der Waals surface area contributed by atoms with Crippen molar-refractivity contribution in [2.75, 3.05) is 11.5 Å². The lowest BCUT2D eigenvalue weighted by Gasteiger charge is -2.28. The van der Waals surface area contributed by atoms with Crippen molar-refractivity contribution < 1.29 is 23.9 Å². The van der Waals surface area contributed by atoms with Crippen molar-refractivity contribution >= 4 is 23.5 Å². The summed E-state index contributed by atoms with van der Waals surface area (Å²) < 4.78 is 10.9. The van der Waals surface area contributed by atoms with Crippen molar-refractivity contribution in [3.8, 4) is 0 Å². The Kier molecular flexibility index (Phi) is 2.93. The molecule has 2 saturated heterocycles. The summed E-state index contributed by atoms with van der Waals surface area (Å²) in [6, 6.07) is 8.84. The summed E-state index contributed by atoms with van der Waals surface area (Å²) >= 11 is 0. The third kappa shape index (κ3) is 1.88. The van der Waals surface area contributed by atoms with Gasteiger partial charge < -0.3 is 9.47 Å². The average Bonchev–Trinajstić information content (AvgIpc) is 3.17. The molecule has 0 radical (unpaired) electrons. The molecule has 0 unspecified atom stereocenters. The maximum Gasteiger partial charge on any atom is 0.302 e. The molecule has 0 N–H and O–H groups in total. The molecule has 4 rings (SSSR count). The first kappa shape index (κ1) is 14.1. The maximum atomic E-state index is 12.9. The molecular formula is C17H15NO5. The Balaban J connectivity index is 1.70. The van der Waals surface area contributed by atoms with Crippen LogP contribution in [-0.4, -0.2) is 36.1 Å². The van der Waals surface area contributed by atoms with Gasteiger partial charge in [-0.15, -0.1) is 0 Å². The van der Waals surface area contributed by atoms with Gasteiger partial charge in [-0.2, -0.15) is 0 Å². The molecule has 23 heavy (non-hydrogen) atoms. The Morgan fingerprint density at radius 3 is 2.70 bits per heavy atom. The number of para-hydroxylation sites is 1. The highest BCUT2D eigenvalue weighted by atomic mass is 16.6. The van der Waals surface area contributed by atoms with Gasteiger partial charge in [-0.1, -0.05) is 24.3 Å². The van der Waals surface area contributed by atoms with Crippen LogP contribution in [0.3, 0.4) is 0 Å². The predicted molar refractivity (Wildman–Crippen MR) is 79.3 cm³/mol. The third-order valence-electron chi connectivity index (χ3n) is 4.67. The zero-order chi connectivity index (χ0) is 16.2. The van der Waals surface area contributed by atoms with E-state index in [1.54, 1.807) is 36.4 Å². The average molecular weight is 313 g/mol. The van der Waals surface area contributed by atoms with Gasteiger partial charge in [0.25, 0.3) is 0 Å². The minimum Gasteiger partial charge on any atom is -0.462 e. The summed E-state index contributed by atoms with van der Waals surface area (Å²) in [5.74, 6) is -2.21. The lowest BCUT2D eigenvalue weighted by Crippen LogP contribution is -2.44. The topological polar surface area (TPSA) is 72.9 Å². The fourth-order valence-electron chi connectivity index (χ4n) is 3.71. The number of nitrogens with zero attached hydrogens (tertiary/aromatic N) is 1. The first-order valence-electron chi connectivity index (χ1n) is 7.47. The smallest absolute Gasteiger partial charge is 0.302 e. The van der Waals surface area contributed by atoms with E-state index in [0.717, 1.165) is 0 Å². The van der Waals surface area contributed by atoms with Gasteiger partial charge in [-0.3, -0.25) is 14.4 Å². The van der Waals surface area contributed by atoms with Gasteiger partial charge in [-0.05, 0) is 18.2 Å². The summed E-state index contributed by atoms with van der Waals surface area (Å²) in [6.07, 6.45) is 3.09. The first-order chi connectivity index (χ1) is 11.0. The predicted octanol–water partition coefficient (Wildman–Crippen LogP) is 1.06. The van der Waals surface area contributed by atoms with Gasteiger partial charge in [0.05, 0.1) is 23.6 Å². The Morgan fingerprint density at radius 1 is 1.26 bits per heavy atom. The SMILES string of the molecule is CC(=O)OC[C@]12C=C[C@H](O1)[C@H]1C(=O)N(c3ccccc3)C(=O)[C@@H]12. The number of anilines is 1. The van der Waals surface area contributed by atoms with Crippen molar-refractivity contribution in [1.29, 1.82) is 0 Å². The highest BCUT2D eigenvalue weighted by molar-refractivity contribution is 6.23. The lowest BCUT2D eigenvalue weighted by atomic mass is 9.77. The monoisotopic (exact) mass is 313 g/mol. The molecule has 1 aromatic rings. The molecule has 0 saturated carbocycles. The fourth-order valence-corrected chi connectivity index (χ4v) is 3.71. The zero-order valence-corrected chi connectivity index (χ0v) is 12.5. The van der Waals surface area contributed by atoms with Crippen LogP contribution >= 0.6 is 0 Å². The van der Waals surface area contributed by atoms with Crippen molar-refractivity contribution in [2.45, 2.75) is 18.6 Å². The van der Waals surface area contributed by atoms with Gasteiger partial charge in [0, 0.05) is 6.92 Å². The number of rotatable bonds is 3. The molecule has 3 aliphatic rings. The minimum atomic E-state index is -1.03. The molecule has 2 bridgehead atoms. The molecule has 4 atom stereocenters. The van der Waals surface area contributed by atoms with E-state index in [1.165, 1.54) is 11.8 Å². The largest absolute Gasteiger partial charge is 0.462 e. The number of esters is 1. The van der Waals surface area contributed by atoms with E-state index >= 15 is 0 Å². The molecule has 1 aromatic carbocycles. The number of hydrogen-bond donors (Lipinski definition) is 0. The highest BCUT2D eigenvalue weighted by Crippen LogP contribution is 2.52. The van der Waals surface area contributed by atoms with Crippen LogP contribution in [0.4, 0.5) is 5.69 Å². The number of carbonyl (C=O) groups is 3. The Hall–Kier alpha value is -2.47. The maximum absolute atomic E-state index is 12.9. The van der Waals surface area contributed by atoms with Crippen LogP contribution in [0.25, 0.3) is 0 Å². The molecular weight excluding hydrogens is 298 g/mol. The molecule has 3 aliphatic heterocycles. The highest BCUT2D eigenvalue weighted by Gasteiger charge is 2.68. The van der Waals surface area contributed by atoms with E-state index < -0.39 is 29.5 Å². The van der Waals surface area contributed by atoms with Gasteiger partial charge in [0.2, 0.25) is 11.8 Å². The van der Waals surface area contributed by atoms with E-state index in [-0.39, 0.29) is 18.4 Å². The number of carbonyl (C=O) groups excluding carboxylic acids is 3. The summed E-state index contributed by atoms with van der Waals surface area (Å²) in [4.78, 5) is 38.0. The standard InChI is InChI=1S/C17H15NO5/c1-10(19)22-9-17-8-7-12(23-17)13-14(17)16(21)18(15(13)20)11-5-3-2-4-6-11/h2-8,12-14H,9H2,1H3/t12-,13+,14+,17-/m0/s1. The zero-order valence-electron chi connectivity index (χ0n) is 12.5. The number of ether oxygens (including phenoxy) is 2. The van der Waals surface area contributed by atoms with E-state index in [1.807, 2.05) is 6.07 Å². The van der Waals surface area contributed by atoms with Gasteiger partial charge in [0.1, 0.15) is 12.2 Å².